The number of anilines is 1. The average Bonchev–Trinajstić information content (AvgIpc) is 2.33. The van der Waals surface area contributed by atoms with Gasteiger partial charge in [0, 0.05) is 5.02 Å². The second-order valence-corrected chi connectivity index (χ2v) is 3.31. The zero-order chi connectivity index (χ0) is 12.8. The van der Waals surface area contributed by atoms with Gasteiger partial charge in [0.1, 0.15) is 29.7 Å². The molecule has 17 heavy (non-hydrogen) atoms. The highest BCUT2D eigenvalue weighted by molar-refractivity contribution is 6.30. The Bertz CT molecular complexity index is 585. The molecule has 0 atom stereocenters. The van der Waals surface area contributed by atoms with Crippen molar-refractivity contribution in [3.63, 3.8) is 0 Å². The summed E-state index contributed by atoms with van der Waals surface area (Å²) >= 11 is 5.71. The van der Waals surface area contributed by atoms with Crippen LogP contribution in [0.25, 0.3) is 0 Å². The minimum atomic E-state index is -0.369. The zero-order valence-corrected chi connectivity index (χ0v) is 9.15. The summed E-state index contributed by atoms with van der Waals surface area (Å²) in [6, 6.07) is 8.99. The van der Waals surface area contributed by atoms with Crippen molar-refractivity contribution in [2.75, 3.05) is 5.32 Å². The highest BCUT2D eigenvalue weighted by Crippen LogP contribution is 2.27. The van der Waals surface area contributed by atoms with E-state index in [2.05, 4.69) is 5.32 Å². The first kappa shape index (κ1) is 12.4. The highest BCUT2D eigenvalue weighted by Gasteiger charge is 2.09. The van der Waals surface area contributed by atoms with Crippen LogP contribution in [0.15, 0.2) is 29.5 Å². The Morgan fingerprint density at radius 3 is 2.35 bits per heavy atom. The van der Waals surface area contributed by atoms with E-state index >= 15 is 0 Å². The molecule has 0 aliphatic rings. The maximum absolute atomic E-state index is 9.49. The molecule has 0 saturated heterocycles. The van der Waals surface area contributed by atoms with Gasteiger partial charge >= 0.3 is 0 Å². The maximum atomic E-state index is 9.49. The lowest BCUT2D eigenvalue weighted by Gasteiger charge is -2.07. The van der Waals surface area contributed by atoms with Gasteiger partial charge in [0.05, 0.1) is 5.69 Å². The lowest BCUT2D eigenvalue weighted by molar-refractivity contribution is 0.477. The Kier molecular flexibility index (Phi) is 3.95. The third-order valence-corrected chi connectivity index (χ3v) is 2.04. The van der Waals surface area contributed by atoms with Crippen molar-refractivity contribution < 1.29 is 5.11 Å². The number of phenols is 1. The van der Waals surface area contributed by atoms with Gasteiger partial charge in [0.2, 0.25) is 0 Å². The van der Waals surface area contributed by atoms with Crippen LogP contribution in [0.3, 0.4) is 0 Å². The molecule has 0 aliphatic carbocycles. The summed E-state index contributed by atoms with van der Waals surface area (Å²) < 4.78 is 0. The third kappa shape index (κ3) is 2.89. The molecule has 0 amide bonds. The van der Waals surface area contributed by atoms with Crippen LogP contribution < -0.4 is 5.32 Å². The fourth-order valence-electron chi connectivity index (χ4n) is 1.03. The number of nitrogens with zero attached hydrogens (tertiary/aromatic N) is 3. The zero-order valence-electron chi connectivity index (χ0n) is 8.40. The summed E-state index contributed by atoms with van der Waals surface area (Å²) in [4.78, 5) is 0. The Labute approximate surface area is 102 Å². The van der Waals surface area contributed by atoms with Gasteiger partial charge in [-0.2, -0.15) is 15.8 Å². The second-order valence-electron chi connectivity index (χ2n) is 2.87. The van der Waals surface area contributed by atoms with Gasteiger partial charge in [0.15, 0.2) is 5.57 Å². The molecule has 6 heteroatoms. The van der Waals surface area contributed by atoms with Crippen LogP contribution in [0.5, 0.6) is 5.75 Å². The number of rotatable bonds is 2. The average molecular weight is 245 g/mol. The van der Waals surface area contributed by atoms with Crippen molar-refractivity contribution in [3.05, 3.63) is 34.5 Å². The Morgan fingerprint density at radius 1 is 1.18 bits per heavy atom. The van der Waals surface area contributed by atoms with Gasteiger partial charge in [-0.3, -0.25) is 0 Å². The Hall–Kier alpha value is -2.68. The van der Waals surface area contributed by atoms with E-state index in [0.717, 1.165) is 0 Å². The van der Waals surface area contributed by atoms with Gasteiger partial charge < -0.3 is 10.4 Å². The Morgan fingerprint density at radius 2 is 1.82 bits per heavy atom. The summed E-state index contributed by atoms with van der Waals surface area (Å²) in [5, 5.41) is 38.3. The van der Waals surface area contributed by atoms with E-state index in [1.807, 2.05) is 0 Å². The third-order valence-electron chi connectivity index (χ3n) is 1.80. The summed E-state index contributed by atoms with van der Waals surface area (Å²) in [6.07, 6.45) is 0. The molecule has 0 unspecified atom stereocenters. The van der Waals surface area contributed by atoms with E-state index in [1.165, 1.54) is 18.2 Å². The SMILES string of the molecule is N#CC(C#N)=C(C#N)Nc1cc(Cl)ccc1O. The van der Waals surface area contributed by atoms with Crippen molar-refractivity contribution in [1.82, 2.24) is 0 Å². The first-order valence-corrected chi connectivity index (χ1v) is 4.70. The summed E-state index contributed by atoms with van der Waals surface area (Å²) in [6.45, 7) is 0. The van der Waals surface area contributed by atoms with Crippen LogP contribution in [0, 0.1) is 34.0 Å². The molecule has 0 heterocycles. The van der Waals surface area contributed by atoms with Crippen molar-refractivity contribution in [1.29, 1.82) is 15.8 Å². The van der Waals surface area contributed by atoms with E-state index < -0.39 is 0 Å². The topological polar surface area (TPSA) is 104 Å². The van der Waals surface area contributed by atoms with Gasteiger partial charge in [-0.25, -0.2) is 0 Å². The summed E-state index contributed by atoms with van der Waals surface area (Å²) in [5.41, 5.74) is -0.462. The number of allylic oxidation sites excluding steroid dienone is 2. The van der Waals surface area contributed by atoms with Crippen LogP contribution in [-0.2, 0) is 0 Å². The standard InChI is InChI=1S/C11H5ClN4O/c12-8-1-2-11(17)9(3-8)16-10(6-15)7(4-13)5-14/h1-3,16-17H. The van der Waals surface area contributed by atoms with Crippen LogP contribution >= 0.6 is 11.6 Å². The molecular formula is C11H5ClN4O. The number of halogens is 1. The van der Waals surface area contributed by atoms with E-state index in [9.17, 15) is 5.11 Å². The molecule has 0 aliphatic heterocycles. The first-order valence-electron chi connectivity index (χ1n) is 4.32. The fourth-order valence-corrected chi connectivity index (χ4v) is 1.20. The lowest BCUT2D eigenvalue weighted by Crippen LogP contribution is -2.00. The van der Waals surface area contributed by atoms with E-state index in [-0.39, 0.29) is 22.7 Å². The van der Waals surface area contributed by atoms with Gasteiger partial charge in [-0.1, -0.05) is 11.6 Å². The molecule has 82 valence electrons. The van der Waals surface area contributed by atoms with Crippen LogP contribution in [-0.4, -0.2) is 5.11 Å². The number of aromatic hydroxyl groups is 1. The number of nitriles is 3. The Balaban J connectivity index is 3.20. The van der Waals surface area contributed by atoms with E-state index in [4.69, 9.17) is 27.4 Å². The summed E-state index contributed by atoms with van der Waals surface area (Å²) in [5.74, 6) is -0.141. The molecule has 0 spiro atoms. The van der Waals surface area contributed by atoms with Crippen LogP contribution in [0.4, 0.5) is 5.69 Å². The number of hydrogen-bond acceptors (Lipinski definition) is 5. The van der Waals surface area contributed by atoms with Gasteiger partial charge in [0.25, 0.3) is 0 Å². The molecule has 1 aromatic carbocycles. The smallest absolute Gasteiger partial charge is 0.163 e. The van der Waals surface area contributed by atoms with E-state index in [0.29, 0.717) is 5.02 Å². The predicted molar refractivity (Wildman–Crippen MR) is 60.6 cm³/mol. The van der Waals surface area contributed by atoms with Gasteiger partial charge in [-0.15, -0.1) is 0 Å². The van der Waals surface area contributed by atoms with E-state index in [1.54, 1.807) is 18.2 Å². The minimum absolute atomic E-state index is 0.141. The molecule has 0 aromatic heterocycles. The van der Waals surface area contributed by atoms with Crippen molar-refractivity contribution in [2.45, 2.75) is 0 Å². The second kappa shape index (κ2) is 5.42. The van der Waals surface area contributed by atoms with Crippen molar-refractivity contribution >= 4 is 17.3 Å². The molecule has 1 aromatic rings. The number of nitrogens with one attached hydrogen (secondary N) is 1. The molecule has 2 N–H and O–H groups in total. The summed E-state index contributed by atoms with van der Waals surface area (Å²) in [7, 11) is 0. The largest absolute Gasteiger partial charge is 0.506 e. The molecule has 0 radical (unpaired) electrons. The monoisotopic (exact) mass is 244 g/mol. The normalized spacial score (nSPS) is 8.35. The predicted octanol–water partition coefficient (Wildman–Crippen LogP) is 2.28. The highest BCUT2D eigenvalue weighted by atomic mass is 35.5. The van der Waals surface area contributed by atoms with Crippen LogP contribution in [0.1, 0.15) is 0 Å². The minimum Gasteiger partial charge on any atom is -0.506 e. The first-order chi connectivity index (χ1) is 8.12. The fraction of sp³-hybridized carbons (Fsp3) is 0. The molecular weight excluding hydrogens is 240 g/mol. The van der Waals surface area contributed by atoms with Crippen molar-refractivity contribution in [3.8, 4) is 24.0 Å². The van der Waals surface area contributed by atoms with Crippen molar-refractivity contribution in [2.24, 2.45) is 0 Å². The number of benzene rings is 1. The lowest BCUT2D eigenvalue weighted by atomic mass is 10.2. The maximum Gasteiger partial charge on any atom is 0.163 e. The molecule has 5 nitrogen and oxygen atoms in total. The number of hydrogen-bond donors (Lipinski definition) is 2. The molecule has 0 bridgehead atoms. The molecule has 1 rings (SSSR count). The molecule has 0 saturated carbocycles. The van der Waals surface area contributed by atoms with Crippen LogP contribution in [0.2, 0.25) is 5.02 Å². The van der Waals surface area contributed by atoms with Gasteiger partial charge in [-0.05, 0) is 18.2 Å². The number of phenolic OH excluding ortho intramolecular Hbond substituents is 1. The quantitative estimate of drug-likeness (QED) is 0.613. The molecule has 0 fully saturated rings.